The Bertz CT molecular complexity index is 715. The van der Waals surface area contributed by atoms with Crippen molar-refractivity contribution in [1.29, 1.82) is 0 Å². The van der Waals surface area contributed by atoms with E-state index in [1.807, 2.05) is 12.1 Å². The summed E-state index contributed by atoms with van der Waals surface area (Å²) in [6.45, 7) is 4.60. The summed E-state index contributed by atoms with van der Waals surface area (Å²) in [5.41, 5.74) is 1.66. The Morgan fingerprint density at radius 1 is 1.04 bits per heavy atom. The van der Waals surface area contributed by atoms with Crippen LogP contribution in [0.2, 0.25) is 10.0 Å². The molecule has 1 N–H and O–H groups in total. The zero-order valence-electron chi connectivity index (χ0n) is 13.8. The second kappa shape index (κ2) is 8.63. The van der Waals surface area contributed by atoms with Gasteiger partial charge in [-0.2, -0.15) is 0 Å². The molecule has 0 atom stereocenters. The van der Waals surface area contributed by atoms with Gasteiger partial charge in [-0.3, -0.25) is 19.6 Å². The molecule has 1 amide bonds. The van der Waals surface area contributed by atoms with Gasteiger partial charge in [-0.1, -0.05) is 23.2 Å². The van der Waals surface area contributed by atoms with E-state index in [1.54, 1.807) is 30.5 Å². The molecule has 1 aliphatic rings. The molecule has 1 saturated heterocycles. The van der Waals surface area contributed by atoms with Crippen LogP contribution < -0.4 is 5.32 Å². The fraction of sp³-hybridized carbons (Fsp3) is 0.333. The van der Waals surface area contributed by atoms with Gasteiger partial charge in [0.25, 0.3) is 0 Å². The number of pyridine rings is 1. The number of rotatable bonds is 5. The van der Waals surface area contributed by atoms with Gasteiger partial charge < -0.3 is 5.32 Å². The van der Waals surface area contributed by atoms with Gasteiger partial charge in [0.1, 0.15) is 0 Å². The van der Waals surface area contributed by atoms with E-state index in [2.05, 4.69) is 20.1 Å². The number of nitrogens with one attached hydrogen (secondary N) is 1. The zero-order valence-corrected chi connectivity index (χ0v) is 15.3. The molecule has 0 radical (unpaired) electrons. The number of anilines is 1. The maximum Gasteiger partial charge on any atom is 0.238 e. The Labute approximate surface area is 157 Å². The average molecular weight is 379 g/mol. The van der Waals surface area contributed by atoms with Gasteiger partial charge in [-0.15, -0.1) is 0 Å². The third-order valence-corrected chi connectivity index (χ3v) is 4.76. The first-order valence-corrected chi connectivity index (χ1v) is 8.95. The van der Waals surface area contributed by atoms with Crippen LogP contribution in [-0.4, -0.2) is 53.4 Å². The fourth-order valence-corrected chi connectivity index (χ4v) is 3.10. The lowest BCUT2D eigenvalue weighted by Gasteiger charge is -2.34. The Kier molecular flexibility index (Phi) is 6.26. The number of hydrogen-bond acceptors (Lipinski definition) is 4. The van der Waals surface area contributed by atoms with E-state index in [4.69, 9.17) is 23.2 Å². The molecule has 0 aliphatic carbocycles. The first-order valence-electron chi connectivity index (χ1n) is 8.20. The number of carbonyl (C=O) groups excluding carboxylic acids is 1. The molecule has 7 heteroatoms. The molecule has 1 aliphatic heterocycles. The first kappa shape index (κ1) is 18.1. The van der Waals surface area contributed by atoms with E-state index in [0.717, 1.165) is 44.1 Å². The number of piperazine rings is 1. The molecule has 1 aromatic heterocycles. The summed E-state index contributed by atoms with van der Waals surface area (Å²) < 4.78 is 0. The smallest absolute Gasteiger partial charge is 0.238 e. The largest absolute Gasteiger partial charge is 0.325 e. The van der Waals surface area contributed by atoms with Crippen LogP contribution in [0.1, 0.15) is 5.69 Å². The predicted octanol–water partition coefficient (Wildman–Crippen LogP) is 3.14. The lowest BCUT2D eigenvalue weighted by molar-refractivity contribution is -0.117. The average Bonchev–Trinajstić information content (AvgIpc) is 2.61. The van der Waals surface area contributed by atoms with Crippen LogP contribution in [0.4, 0.5) is 5.69 Å². The van der Waals surface area contributed by atoms with Gasteiger partial charge in [-0.05, 0) is 36.4 Å². The molecule has 0 saturated carbocycles. The second-order valence-corrected chi connectivity index (χ2v) is 6.88. The number of benzene rings is 1. The molecule has 0 spiro atoms. The van der Waals surface area contributed by atoms with Crippen molar-refractivity contribution in [2.45, 2.75) is 6.54 Å². The Morgan fingerprint density at radius 2 is 1.72 bits per heavy atom. The van der Waals surface area contributed by atoms with Gasteiger partial charge in [0.2, 0.25) is 5.91 Å². The summed E-state index contributed by atoms with van der Waals surface area (Å²) in [7, 11) is 0. The van der Waals surface area contributed by atoms with Crippen LogP contribution >= 0.6 is 23.2 Å². The monoisotopic (exact) mass is 378 g/mol. The molecule has 2 aromatic rings. The minimum Gasteiger partial charge on any atom is -0.325 e. The lowest BCUT2D eigenvalue weighted by atomic mass is 10.2. The van der Waals surface area contributed by atoms with Crippen LogP contribution in [0.25, 0.3) is 0 Å². The van der Waals surface area contributed by atoms with Crippen molar-refractivity contribution in [3.63, 3.8) is 0 Å². The highest BCUT2D eigenvalue weighted by Gasteiger charge is 2.20. The van der Waals surface area contributed by atoms with Gasteiger partial charge in [-0.25, -0.2) is 0 Å². The van der Waals surface area contributed by atoms with Gasteiger partial charge in [0, 0.05) is 49.6 Å². The summed E-state index contributed by atoms with van der Waals surface area (Å²) in [5, 5.41) is 4.25. The number of aromatic nitrogens is 1. The molecule has 0 unspecified atom stereocenters. The van der Waals surface area contributed by atoms with E-state index in [1.165, 1.54) is 0 Å². The van der Waals surface area contributed by atoms with E-state index in [-0.39, 0.29) is 5.91 Å². The maximum atomic E-state index is 12.2. The van der Waals surface area contributed by atoms with Gasteiger partial charge >= 0.3 is 0 Å². The van der Waals surface area contributed by atoms with Crippen LogP contribution in [0.3, 0.4) is 0 Å². The number of carbonyl (C=O) groups is 1. The summed E-state index contributed by atoms with van der Waals surface area (Å²) in [5.74, 6) is -0.0106. The second-order valence-electron chi connectivity index (χ2n) is 6.04. The van der Waals surface area contributed by atoms with Gasteiger partial charge in [0.05, 0.1) is 17.3 Å². The van der Waals surface area contributed by atoms with Crippen molar-refractivity contribution in [2.75, 3.05) is 38.0 Å². The molecule has 1 aromatic carbocycles. The van der Waals surface area contributed by atoms with E-state index < -0.39 is 0 Å². The Morgan fingerprint density at radius 3 is 2.40 bits per heavy atom. The fourth-order valence-electron chi connectivity index (χ4n) is 2.79. The number of nitrogens with zero attached hydrogens (tertiary/aromatic N) is 3. The molecule has 0 bridgehead atoms. The van der Waals surface area contributed by atoms with Crippen molar-refractivity contribution >= 4 is 34.8 Å². The normalized spacial score (nSPS) is 15.9. The lowest BCUT2D eigenvalue weighted by Crippen LogP contribution is -2.48. The van der Waals surface area contributed by atoms with Crippen molar-refractivity contribution in [3.8, 4) is 0 Å². The minimum absolute atomic E-state index is 0.0106. The quantitative estimate of drug-likeness (QED) is 0.867. The molecule has 5 nitrogen and oxygen atoms in total. The van der Waals surface area contributed by atoms with E-state index in [0.29, 0.717) is 16.6 Å². The van der Waals surface area contributed by atoms with E-state index >= 15 is 0 Å². The summed E-state index contributed by atoms with van der Waals surface area (Å²) in [6, 6.07) is 10.8. The third-order valence-electron chi connectivity index (χ3n) is 4.17. The third kappa shape index (κ3) is 5.41. The topological polar surface area (TPSA) is 48.5 Å². The predicted molar refractivity (Wildman–Crippen MR) is 101 cm³/mol. The maximum absolute atomic E-state index is 12.2. The van der Waals surface area contributed by atoms with Crippen LogP contribution in [0.5, 0.6) is 0 Å². The number of hydrogen-bond donors (Lipinski definition) is 1. The highest BCUT2D eigenvalue weighted by Crippen LogP contribution is 2.16. The van der Waals surface area contributed by atoms with Crippen LogP contribution in [0.15, 0.2) is 42.6 Å². The number of halogens is 2. The molecule has 25 heavy (non-hydrogen) atoms. The van der Waals surface area contributed by atoms with Crippen LogP contribution in [-0.2, 0) is 11.3 Å². The summed E-state index contributed by atoms with van der Waals surface area (Å²) >= 11 is 12.0. The van der Waals surface area contributed by atoms with Crippen LogP contribution in [0, 0.1) is 0 Å². The number of amides is 1. The molecule has 132 valence electrons. The molecule has 3 rings (SSSR count). The summed E-state index contributed by atoms with van der Waals surface area (Å²) in [6.07, 6.45) is 1.76. The Balaban J connectivity index is 1.43. The van der Waals surface area contributed by atoms with Gasteiger partial charge in [0.15, 0.2) is 0 Å². The van der Waals surface area contributed by atoms with E-state index in [9.17, 15) is 4.79 Å². The molecule has 2 heterocycles. The van der Waals surface area contributed by atoms with Crippen molar-refractivity contribution in [3.05, 3.63) is 58.3 Å². The molecule has 1 fully saturated rings. The van der Waals surface area contributed by atoms with Crippen molar-refractivity contribution < 1.29 is 4.79 Å². The molecular formula is C18H20Cl2N4O. The summed E-state index contributed by atoms with van der Waals surface area (Å²) in [4.78, 5) is 20.9. The van der Waals surface area contributed by atoms with Crippen molar-refractivity contribution in [2.24, 2.45) is 0 Å². The Hall–Kier alpha value is -1.66. The first-order chi connectivity index (χ1) is 12.1. The SMILES string of the molecule is O=C(CN1CCN(Cc2ncccc2Cl)CC1)Nc1ccc(Cl)cc1. The minimum atomic E-state index is -0.0106. The highest BCUT2D eigenvalue weighted by atomic mass is 35.5. The standard InChI is InChI=1S/C18H20Cl2N4O/c19-14-3-5-15(6-4-14)22-18(25)13-24-10-8-23(9-11-24)12-17-16(20)2-1-7-21-17/h1-7H,8-13H2,(H,22,25). The zero-order chi connectivity index (χ0) is 17.6. The highest BCUT2D eigenvalue weighted by molar-refractivity contribution is 6.31. The molecular weight excluding hydrogens is 359 g/mol. The van der Waals surface area contributed by atoms with Crippen molar-refractivity contribution in [1.82, 2.24) is 14.8 Å².